The topological polar surface area (TPSA) is 156 Å². The second-order valence-electron chi connectivity index (χ2n) is 14.4. The summed E-state index contributed by atoms with van der Waals surface area (Å²) in [5.41, 5.74) is 6.61. The van der Waals surface area contributed by atoms with Crippen LogP contribution in [0.15, 0.2) is 72.2 Å². The number of nitrogens with one attached hydrogen (secondary N) is 2. The maximum absolute atomic E-state index is 14.1. The lowest BCUT2D eigenvalue weighted by molar-refractivity contribution is -0.145. The number of thiazole rings is 1. The summed E-state index contributed by atoms with van der Waals surface area (Å²) in [7, 11) is 4.73. The number of likely N-dealkylation sites (N-methyl/N-ethyl adjacent to an activating group) is 1. The van der Waals surface area contributed by atoms with E-state index in [0.29, 0.717) is 19.4 Å². The fourth-order valence-electron chi connectivity index (χ4n) is 6.66. The first-order valence-electron chi connectivity index (χ1n) is 18.7. The summed E-state index contributed by atoms with van der Waals surface area (Å²) in [6.07, 6.45) is 3.72. The molecule has 0 bridgehead atoms. The lowest BCUT2D eigenvalue weighted by Gasteiger charge is -2.37. The van der Waals surface area contributed by atoms with Crippen LogP contribution in [0.2, 0.25) is 0 Å². The van der Waals surface area contributed by atoms with Gasteiger partial charge in [0.05, 0.1) is 54.8 Å². The molecule has 4 N–H and O–H groups in total. The van der Waals surface area contributed by atoms with Crippen LogP contribution in [0.1, 0.15) is 88.5 Å². The Morgan fingerprint density at radius 1 is 1.04 bits per heavy atom. The second-order valence-corrected chi connectivity index (χ2v) is 15.3. The van der Waals surface area contributed by atoms with Crippen LogP contribution >= 0.6 is 11.3 Å². The van der Waals surface area contributed by atoms with Gasteiger partial charge in [-0.15, -0.1) is 11.3 Å². The third-order valence-electron chi connectivity index (χ3n) is 9.49. The molecule has 0 saturated carbocycles. The number of aromatic nitrogens is 1. The van der Waals surface area contributed by atoms with Crippen LogP contribution in [0.5, 0.6) is 0 Å². The minimum absolute atomic E-state index is 0.0213. The van der Waals surface area contributed by atoms with Gasteiger partial charge in [0.25, 0.3) is 0 Å². The number of nitrogens with zero attached hydrogens (tertiary/aromatic N) is 3. The van der Waals surface area contributed by atoms with E-state index in [4.69, 9.17) is 15.2 Å². The number of nitrogens with two attached hydrogens (primary N) is 1. The molecule has 13 heteroatoms. The van der Waals surface area contributed by atoms with E-state index in [0.717, 1.165) is 22.6 Å². The van der Waals surface area contributed by atoms with Crippen LogP contribution in [0, 0.1) is 5.92 Å². The predicted molar refractivity (Wildman–Crippen MR) is 212 cm³/mol. The number of hydrogen-bond acceptors (Lipinski definition) is 9. The summed E-state index contributed by atoms with van der Waals surface area (Å²) in [5.74, 6) is -1.73. The Balaban J connectivity index is 0.00000253. The van der Waals surface area contributed by atoms with Gasteiger partial charge in [0, 0.05) is 39.4 Å². The van der Waals surface area contributed by atoms with Gasteiger partial charge in [-0.05, 0) is 44.2 Å². The summed E-state index contributed by atoms with van der Waals surface area (Å²) >= 11 is 1.49. The molecule has 6 atom stereocenters. The molecule has 296 valence electrons. The van der Waals surface area contributed by atoms with Crippen molar-refractivity contribution in [2.45, 2.75) is 103 Å². The van der Waals surface area contributed by atoms with Crippen molar-refractivity contribution in [1.82, 2.24) is 25.4 Å². The first-order valence-corrected chi connectivity index (χ1v) is 19.6. The van der Waals surface area contributed by atoms with E-state index in [1.54, 1.807) is 39.1 Å². The normalized spacial score (nSPS) is 16.9. The van der Waals surface area contributed by atoms with Crippen molar-refractivity contribution in [2.24, 2.45) is 11.7 Å². The highest BCUT2D eigenvalue weighted by molar-refractivity contribution is 7.09. The summed E-state index contributed by atoms with van der Waals surface area (Å²) in [4.78, 5) is 61.5. The van der Waals surface area contributed by atoms with Crippen LogP contribution in [-0.2, 0) is 35.1 Å². The van der Waals surface area contributed by atoms with E-state index < -0.39 is 35.6 Å². The Morgan fingerprint density at radius 2 is 1.67 bits per heavy atom. The number of carbonyl (C=O) groups is 4. The molecule has 12 nitrogen and oxygen atoms in total. The lowest BCUT2D eigenvalue weighted by atomic mass is 9.93. The maximum Gasteiger partial charge on any atom is 0.242 e. The number of amides is 4. The third-order valence-corrected chi connectivity index (χ3v) is 10.4. The lowest BCUT2D eigenvalue weighted by Crippen LogP contribution is -2.52. The number of hydrogen-bond donors (Lipinski definition) is 3. The Hall–Kier alpha value is -4.17. The quantitative estimate of drug-likeness (QED) is 0.172. The number of methoxy groups -OCH3 is 2. The molecule has 1 aliphatic rings. The zero-order valence-electron chi connectivity index (χ0n) is 33.1. The number of ether oxygens (including phenoxy) is 2. The Kier molecular flexibility index (Phi) is 17.7. The van der Waals surface area contributed by atoms with Gasteiger partial charge < -0.3 is 35.6 Å². The minimum Gasteiger partial charge on any atom is -0.378 e. The van der Waals surface area contributed by atoms with E-state index in [-0.39, 0.29) is 42.8 Å². The van der Waals surface area contributed by atoms with Crippen LogP contribution in [-0.4, -0.2) is 96.6 Å². The highest BCUT2D eigenvalue weighted by Gasteiger charge is 2.42. The van der Waals surface area contributed by atoms with Crippen molar-refractivity contribution >= 4 is 35.0 Å². The Morgan fingerprint density at radius 3 is 2.22 bits per heavy atom. The summed E-state index contributed by atoms with van der Waals surface area (Å²) in [6.45, 7) is 9.46. The van der Waals surface area contributed by atoms with Gasteiger partial charge in [0.1, 0.15) is 5.01 Å². The maximum atomic E-state index is 14.1. The van der Waals surface area contributed by atoms with E-state index >= 15 is 0 Å². The average molecular weight is 765 g/mol. The van der Waals surface area contributed by atoms with Crippen LogP contribution < -0.4 is 16.4 Å². The fraction of sp³-hybridized carbons (Fsp3) is 0.537. The minimum atomic E-state index is -1.14. The monoisotopic (exact) mass is 764 g/mol. The molecule has 0 radical (unpaired) electrons. The first kappa shape index (κ1) is 44.2. The molecule has 1 aromatic heterocycles. The highest BCUT2D eigenvalue weighted by atomic mass is 32.1. The van der Waals surface area contributed by atoms with Gasteiger partial charge in [-0.25, -0.2) is 4.98 Å². The molecule has 0 spiro atoms. The van der Waals surface area contributed by atoms with Gasteiger partial charge in [-0.3, -0.25) is 19.2 Å². The molecular weight excluding hydrogens is 705 g/mol. The molecule has 4 amide bonds. The van der Waals surface area contributed by atoms with Gasteiger partial charge in [0.2, 0.25) is 23.6 Å². The van der Waals surface area contributed by atoms with Crippen LogP contribution in [0.4, 0.5) is 0 Å². The summed E-state index contributed by atoms with van der Waals surface area (Å²) in [5, 5.41) is 8.53. The number of rotatable bonds is 17. The summed E-state index contributed by atoms with van der Waals surface area (Å²) < 4.78 is 11.9. The largest absolute Gasteiger partial charge is 0.378 e. The molecule has 2 heterocycles. The van der Waals surface area contributed by atoms with Crippen molar-refractivity contribution in [3.05, 3.63) is 88.4 Å². The standard InChI is InChI=1S/C38H52N6O6S.C3H8/c1-25(35(47)42-28(36-40-19-21-51-36)22-26-14-9-7-10-15-26)34(50-6)29-18-13-20-44(29)31(45)23-30(49-5)33(27-16-11-8-12-17-27)43(4)32(46)24-41-37(48)38(2,3)39;1-3-2/h7-12,14-17,19,21,25,28-30,33-34H,13,18,20,22-24,39H2,1-6H3,(H,41,48)(H,42,47);3H2,1-2H3. The van der Waals surface area contributed by atoms with Crippen molar-refractivity contribution in [1.29, 1.82) is 0 Å². The second kappa shape index (κ2) is 21.7. The first-order chi connectivity index (χ1) is 25.8. The van der Waals surface area contributed by atoms with Gasteiger partial charge in [0.15, 0.2) is 0 Å². The molecule has 1 aliphatic heterocycles. The zero-order valence-corrected chi connectivity index (χ0v) is 33.9. The van der Waals surface area contributed by atoms with E-state index in [1.807, 2.05) is 73.0 Å². The number of benzene rings is 2. The average Bonchev–Trinajstić information content (AvgIpc) is 3.88. The molecule has 0 aliphatic carbocycles. The van der Waals surface area contributed by atoms with Crippen LogP contribution in [0.25, 0.3) is 0 Å². The number of likely N-dealkylation sites (tertiary alicyclic amines) is 1. The van der Waals surface area contributed by atoms with Crippen LogP contribution in [0.3, 0.4) is 0 Å². The summed E-state index contributed by atoms with van der Waals surface area (Å²) in [6, 6.07) is 18.0. The van der Waals surface area contributed by atoms with Crippen molar-refractivity contribution < 1.29 is 28.7 Å². The van der Waals surface area contributed by atoms with Crippen molar-refractivity contribution in [2.75, 3.05) is 34.4 Å². The fourth-order valence-corrected chi connectivity index (χ4v) is 7.35. The van der Waals surface area contributed by atoms with E-state index in [2.05, 4.69) is 29.5 Å². The molecule has 2 aromatic carbocycles. The predicted octanol–water partition coefficient (Wildman–Crippen LogP) is 5.06. The SMILES string of the molecule is CCC.COC(CC(=O)N1CCCC1C(OC)C(C)C(=O)NC(Cc1ccccc1)c1nccs1)C(c1ccccc1)N(C)C(=O)CNC(=O)C(C)(C)N. The van der Waals surface area contributed by atoms with Gasteiger partial charge >= 0.3 is 0 Å². The molecule has 1 fully saturated rings. The smallest absolute Gasteiger partial charge is 0.242 e. The Bertz CT molecular complexity index is 1590. The van der Waals surface area contributed by atoms with E-state index in [1.165, 1.54) is 29.8 Å². The van der Waals surface area contributed by atoms with Gasteiger partial charge in [-0.1, -0.05) is 87.9 Å². The van der Waals surface area contributed by atoms with Gasteiger partial charge in [-0.2, -0.15) is 0 Å². The third kappa shape index (κ3) is 12.4. The van der Waals surface area contributed by atoms with Crippen molar-refractivity contribution in [3.8, 4) is 0 Å². The van der Waals surface area contributed by atoms with Crippen molar-refractivity contribution in [3.63, 3.8) is 0 Å². The zero-order chi connectivity index (χ0) is 39.8. The molecule has 3 aromatic rings. The number of carbonyl (C=O) groups excluding carboxylic acids is 4. The molecule has 54 heavy (non-hydrogen) atoms. The molecule has 4 rings (SSSR count). The Labute approximate surface area is 325 Å². The molecular formula is C41H60N6O6S. The highest BCUT2D eigenvalue weighted by Crippen LogP contribution is 2.32. The molecule has 1 saturated heterocycles. The molecule has 6 unspecified atom stereocenters. The van der Waals surface area contributed by atoms with E-state index in [9.17, 15) is 19.2 Å².